The summed E-state index contributed by atoms with van der Waals surface area (Å²) in [7, 11) is 0. The van der Waals surface area contributed by atoms with Crippen LogP contribution in [0.4, 0.5) is 0 Å². The summed E-state index contributed by atoms with van der Waals surface area (Å²) < 4.78 is 0. The molecule has 110 valence electrons. The van der Waals surface area contributed by atoms with Crippen molar-refractivity contribution in [3.63, 3.8) is 0 Å². The third-order valence-electron chi connectivity index (χ3n) is 5.58. The van der Waals surface area contributed by atoms with Gasteiger partial charge in [-0.1, -0.05) is 43.5 Å². The molecule has 2 nitrogen and oxygen atoms in total. The summed E-state index contributed by atoms with van der Waals surface area (Å²) in [5.41, 5.74) is 9.46. The highest BCUT2D eigenvalue weighted by Gasteiger charge is 2.35. The van der Waals surface area contributed by atoms with E-state index < -0.39 is 0 Å². The first-order valence-corrected chi connectivity index (χ1v) is 8.23. The minimum atomic E-state index is 0.202. The van der Waals surface area contributed by atoms with Crippen LogP contribution in [0.1, 0.15) is 43.7 Å². The summed E-state index contributed by atoms with van der Waals surface area (Å²) in [6.45, 7) is 5.51. The molecule has 0 amide bonds. The molecule has 1 heterocycles. The number of hydrogen-bond donors (Lipinski definition) is 1. The van der Waals surface area contributed by atoms with E-state index in [-0.39, 0.29) is 5.54 Å². The van der Waals surface area contributed by atoms with Gasteiger partial charge >= 0.3 is 0 Å². The fraction of sp³-hybridized carbons (Fsp3) is 0.667. The lowest BCUT2D eigenvalue weighted by Crippen LogP contribution is -2.54. The van der Waals surface area contributed by atoms with Crippen LogP contribution in [-0.2, 0) is 12.8 Å². The van der Waals surface area contributed by atoms with E-state index in [9.17, 15) is 0 Å². The molecular formula is C18H28N2. The van der Waals surface area contributed by atoms with Crippen LogP contribution < -0.4 is 5.73 Å². The molecule has 1 atom stereocenters. The van der Waals surface area contributed by atoms with Crippen molar-refractivity contribution in [3.05, 3.63) is 35.4 Å². The topological polar surface area (TPSA) is 29.3 Å². The van der Waals surface area contributed by atoms with Gasteiger partial charge in [-0.25, -0.2) is 0 Å². The maximum Gasteiger partial charge on any atom is 0.0306 e. The zero-order valence-electron chi connectivity index (χ0n) is 12.8. The van der Waals surface area contributed by atoms with Crippen molar-refractivity contribution in [2.45, 2.75) is 51.0 Å². The molecule has 1 saturated carbocycles. The Labute approximate surface area is 123 Å². The van der Waals surface area contributed by atoms with Gasteiger partial charge in [-0.15, -0.1) is 0 Å². The Bertz CT molecular complexity index is 425. The number of fused-ring (bicyclic) bond motifs is 1. The van der Waals surface area contributed by atoms with Crippen LogP contribution in [0.5, 0.6) is 0 Å². The highest BCUT2D eigenvalue weighted by Crippen LogP contribution is 2.36. The molecule has 0 bridgehead atoms. The lowest BCUT2D eigenvalue weighted by Gasteiger charge is -2.44. The SMILES string of the molecule is CC(CN)(CC1CCC1)N1CCc2ccccc2CC1. The molecular weight excluding hydrogens is 244 g/mol. The minimum Gasteiger partial charge on any atom is -0.329 e. The number of nitrogens with two attached hydrogens (primary N) is 1. The minimum absolute atomic E-state index is 0.202. The molecule has 3 rings (SSSR count). The molecule has 2 heteroatoms. The van der Waals surface area contributed by atoms with Gasteiger partial charge in [-0.3, -0.25) is 4.90 Å². The molecule has 0 spiro atoms. The van der Waals surface area contributed by atoms with Crippen molar-refractivity contribution in [1.82, 2.24) is 4.90 Å². The van der Waals surface area contributed by atoms with Crippen molar-refractivity contribution < 1.29 is 0 Å². The molecule has 1 aromatic carbocycles. The van der Waals surface area contributed by atoms with E-state index >= 15 is 0 Å². The lowest BCUT2D eigenvalue weighted by atomic mass is 9.76. The Kier molecular flexibility index (Phi) is 4.13. The quantitative estimate of drug-likeness (QED) is 0.913. The van der Waals surface area contributed by atoms with Crippen molar-refractivity contribution in [2.75, 3.05) is 19.6 Å². The maximum atomic E-state index is 6.18. The molecule has 1 aliphatic heterocycles. The van der Waals surface area contributed by atoms with Crippen LogP contribution in [0, 0.1) is 5.92 Å². The van der Waals surface area contributed by atoms with E-state index in [0.717, 1.165) is 25.6 Å². The summed E-state index contributed by atoms with van der Waals surface area (Å²) >= 11 is 0. The fourth-order valence-electron chi connectivity index (χ4n) is 3.87. The Balaban J connectivity index is 1.70. The maximum absolute atomic E-state index is 6.18. The largest absolute Gasteiger partial charge is 0.329 e. The van der Waals surface area contributed by atoms with Crippen LogP contribution in [0.3, 0.4) is 0 Å². The van der Waals surface area contributed by atoms with Gasteiger partial charge in [0.1, 0.15) is 0 Å². The van der Waals surface area contributed by atoms with Gasteiger partial charge in [0.2, 0.25) is 0 Å². The van der Waals surface area contributed by atoms with Gasteiger partial charge in [-0.05, 0) is 43.2 Å². The zero-order chi connectivity index (χ0) is 14.0. The van der Waals surface area contributed by atoms with Crippen molar-refractivity contribution in [2.24, 2.45) is 11.7 Å². The smallest absolute Gasteiger partial charge is 0.0306 e. The van der Waals surface area contributed by atoms with E-state index in [1.807, 2.05) is 0 Å². The second-order valence-electron chi connectivity index (χ2n) is 6.96. The van der Waals surface area contributed by atoms with Gasteiger partial charge in [0, 0.05) is 25.2 Å². The number of benzene rings is 1. The Morgan fingerprint density at radius 3 is 2.20 bits per heavy atom. The molecule has 20 heavy (non-hydrogen) atoms. The molecule has 2 N–H and O–H groups in total. The van der Waals surface area contributed by atoms with E-state index in [0.29, 0.717) is 0 Å². The highest BCUT2D eigenvalue weighted by atomic mass is 15.2. The standard InChI is InChI=1S/C18H28N2/c1-18(14-19,13-15-5-4-6-15)20-11-9-16-7-2-3-8-17(16)10-12-20/h2-3,7-8,15H,4-6,9-14,19H2,1H3. The predicted molar refractivity (Wildman–Crippen MR) is 84.8 cm³/mol. The molecule has 1 fully saturated rings. The molecule has 0 aromatic heterocycles. The van der Waals surface area contributed by atoms with E-state index in [2.05, 4.69) is 36.1 Å². The van der Waals surface area contributed by atoms with Crippen LogP contribution in [-0.4, -0.2) is 30.1 Å². The Hall–Kier alpha value is -0.860. The van der Waals surface area contributed by atoms with Crippen LogP contribution in [0.25, 0.3) is 0 Å². The molecule has 0 radical (unpaired) electrons. The Morgan fingerprint density at radius 2 is 1.75 bits per heavy atom. The summed E-state index contributed by atoms with van der Waals surface area (Å²) in [5.74, 6) is 0.925. The van der Waals surface area contributed by atoms with E-state index in [1.165, 1.54) is 49.7 Å². The Morgan fingerprint density at radius 1 is 1.15 bits per heavy atom. The van der Waals surface area contributed by atoms with Crippen molar-refractivity contribution in [3.8, 4) is 0 Å². The molecule has 0 saturated heterocycles. The highest BCUT2D eigenvalue weighted by molar-refractivity contribution is 5.28. The summed E-state index contributed by atoms with van der Waals surface area (Å²) in [5, 5.41) is 0. The molecule has 1 aliphatic carbocycles. The second-order valence-corrected chi connectivity index (χ2v) is 6.96. The number of hydrogen-bond acceptors (Lipinski definition) is 2. The third-order valence-corrected chi connectivity index (χ3v) is 5.58. The number of nitrogens with zero attached hydrogens (tertiary/aromatic N) is 1. The van der Waals surface area contributed by atoms with Crippen molar-refractivity contribution in [1.29, 1.82) is 0 Å². The lowest BCUT2D eigenvalue weighted by molar-refractivity contribution is 0.0717. The first-order valence-electron chi connectivity index (χ1n) is 8.23. The first kappa shape index (κ1) is 14.1. The first-order chi connectivity index (χ1) is 9.71. The van der Waals surface area contributed by atoms with Crippen LogP contribution >= 0.6 is 0 Å². The van der Waals surface area contributed by atoms with Gasteiger partial charge in [0.15, 0.2) is 0 Å². The normalized spacial score (nSPS) is 23.5. The monoisotopic (exact) mass is 272 g/mol. The third kappa shape index (κ3) is 2.77. The fourth-order valence-corrected chi connectivity index (χ4v) is 3.87. The van der Waals surface area contributed by atoms with E-state index in [1.54, 1.807) is 0 Å². The number of rotatable bonds is 4. The molecule has 1 aromatic rings. The average molecular weight is 272 g/mol. The van der Waals surface area contributed by atoms with E-state index in [4.69, 9.17) is 5.73 Å². The molecule has 2 aliphatic rings. The summed E-state index contributed by atoms with van der Waals surface area (Å²) in [6.07, 6.45) is 7.91. The van der Waals surface area contributed by atoms with Crippen LogP contribution in [0.2, 0.25) is 0 Å². The summed E-state index contributed by atoms with van der Waals surface area (Å²) in [6, 6.07) is 8.94. The van der Waals surface area contributed by atoms with Gasteiger partial charge < -0.3 is 5.73 Å². The van der Waals surface area contributed by atoms with Crippen molar-refractivity contribution >= 4 is 0 Å². The zero-order valence-corrected chi connectivity index (χ0v) is 12.8. The predicted octanol–water partition coefficient (Wildman–Crippen LogP) is 2.99. The second kappa shape index (κ2) is 5.87. The average Bonchev–Trinajstić information content (AvgIpc) is 2.65. The van der Waals surface area contributed by atoms with Gasteiger partial charge in [0.05, 0.1) is 0 Å². The van der Waals surface area contributed by atoms with Gasteiger partial charge in [0.25, 0.3) is 0 Å². The summed E-state index contributed by atoms with van der Waals surface area (Å²) in [4.78, 5) is 2.67. The van der Waals surface area contributed by atoms with Crippen LogP contribution in [0.15, 0.2) is 24.3 Å². The molecule has 1 unspecified atom stereocenters. The van der Waals surface area contributed by atoms with Gasteiger partial charge in [-0.2, -0.15) is 0 Å².